The molecule has 21 heavy (non-hydrogen) atoms. The van der Waals surface area contributed by atoms with Crippen LogP contribution >= 0.6 is 0 Å². The van der Waals surface area contributed by atoms with E-state index in [4.69, 9.17) is 4.74 Å². The Morgan fingerprint density at radius 2 is 2.10 bits per heavy atom. The highest BCUT2D eigenvalue weighted by molar-refractivity contribution is 5.91. The van der Waals surface area contributed by atoms with Crippen molar-refractivity contribution in [3.8, 4) is 5.75 Å². The normalized spacial score (nSPS) is 28.2. The van der Waals surface area contributed by atoms with E-state index in [-0.39, 0.29) is 12.1 Å². The number of urea groups is 1. The maximum Gasteiger partial charge on any atom is 0.319 e. The summed E-state index contributed by atoms with van der Waals surface area (Å²) in [5, 5.41) is 5.99. The summed E-state index contributed by atoms with van der Waals surface area (Å²) < 4.78 is 5.25. The van der Waals surface area contributed by atoms with Gasteiger partial charge in [0, 0.05) is 6.04 Å². The van der Waals surface area contributed by atoms with Gasteiger partial charge in [-0.05, 0) is 56.1 Å². The molecule has 0 saturated heterocycles. The predicted octanol–water partition coefficient (Wildman–Crippen LogP) is 3.64. The Hall–Kier alpha value is -1.71. The molecule has 2 bridgehead atoms. The Morgan fingerprint density at radius 1 is 1.29 bits per heavy atom. The second-order valence-corrected chi connectivity index (χ2v) is 6.43. The molecule has 2 saturated carbocycles. The summed E-state index contributed by atoms with van der Waals surface area (Å²) in [4.78, 5) is 12.2. The Labute approximate surface area is 126 Å². The quantitative estimate of drug-likeness (QED) is 0.888. The van der Waals surface area contributed by atoms with Crippen molar-refractivity contribution < 1.29 is 9.53 Å². The van der Waals surface area contributed by atoms with Crippen molar-refractivity contribution in [2.45, 2.75) is 38.6 Å². The van der Waals surface area contributed by atoms with Gasteiger partial charge in [-0.25, -0.2) is 4.79 Å². The number of fused-ring (bicyclic) bond motifs is 2. The van der Waals surface area contributed by atoms with Crippen LogP contribution in [0.25, 0.3) is 0 Å². The number of ether oxygens (including phenoxy) is 1. The zero-order valence-electron chi connectivity index (χ0n) is 12.8. The molecule has 1 aromatic rings. The van der Waals surface area contributed by atoms with Gasteiger partial charge in [0.15, 0.2) is 0 Å². The van der Waals surface area contributed by atoms with Crippen molar-refractivity contribution in [3.63, 3.8) is 0 Å². The SMILES string of the molecule is COc1ccccc1NC(=O)N[C@H](C)[C@@H]1C[C@H]2CC[C@H]1C2. The van der Waals surface area contributed by atoms with Gasteiger partial charge in [-0.15, -0.1) is 0 Å². The van der Waals surface area contributed by atoms with Crippen molar-refractivity contribution in [2.75, 3.05) is 12.4 Å². The van der Waals surface area contributed by atoms with Gasteiger partial charge in [0.25, 0.3) is 0 Å². The number of amides is 2. The van der Waals surface area contributed by atoms with E-state index in [9.17, 15) is 4.79 Å². The molecule has 0 heterocycles. The highest BCUT2D eigenvalue weighted by atomic mass is 16.5. The lowest BCUT2D eigenvalue weighted by Gasteiger charge is -2.28. The Morgan fingerprint density at radius 3 is 2.76 bits per heavy atom. The van der Waals surface area contributed by atoms with E-state index in [0.29, 0.717) is 17.4 Å². The van der Waals surface area contributed by atoms with E-state index in [1.165, 1.54) is 25.7 Å². The first-order valence-electron chi connectivity index (χ1n) is 7.88. The van der Waals surface area contributed by atoms with Crippen LogP contribution in [0.1, 0.15) is 32.6 Å². The van der Waals surface area contributed by atoms with E-state index >= 15 is 0 Å². The van der Waals surface area contributed by atoms with Gasteiger partial charge in [0.2, 0.25) is 0 Å². The van der Waals surface area contributed by atoms with Crippen molar-refractivity contribution in [1.82, 2.24) is 5.32 Å². The minimum atomic E-state index is -0.144. The number of carbonyl (C=O) groups excluding carboxylic acids is 1. The van der Waals surface area contributed by atoms with Gasteiger partial charge in [-0.2, -0.15) is 0 Å². The highest BCUT2D eigenvalue weighted by Crippen LogP contribution is 2.49. The minimum absolute atomic E-state index is 0.144. The lowest BCUT2D eigenvalue weighted by molar-refractivity contribution is 0.230. The Bertz CT molecular complexity index is 517. The maximum atomic E-state index is 12.2. The summed E-state index contributed by atoms with van der Waals surface area (Å²) in [6.45, 7) is 2.13. The third-order valence-corrected chi connectivity index (χ3v) is 5.15. The molecule has 1 aromatic carbocycles. The third-order valence-electron chi connectivity index (χ3n) is 5.15. The number of anilines is 1. The summed E-state index contributed by atoms with van der Waals surface area (Å²) >= 11 is 0. The Kier molecular flexibility index (Phi) is 4.04. The molecule has 0 spiro atoms. The number of para-hydroxylation sites is 2. The first kappa shape index (κ1) is 14.2. The highest BCUT2D eigenvalue weighted by Gasteiger charge is 2.42. The molecular weight excluding hydrogens is 264 g/mol. The van der Waals surface area contributed by atoms with Gasteiger partial charge < -0.3 is 15.4 Å². The lowest BCUT2D eigenvalue weighted by atomic mass is 9.84. The molecule has 2 fully saturated rings. The second-order valence-electron chi connectivity index (χ2n) is 6.43. The summed E-state index contributed by atoms with van der Waals surface area (Å²) in [5.74, 6) is 3.05. The molecule has 2 aliphatic carbocycles. The Balaban J connectivity index is 1.56. The number of carbonyl (C=O) groups is 1. The van der Waals surface area contributed by atoms with Crippen LogP contribution in [0.15, 0.2) is 24.3 Å². The summed E-state index contributed by atoms with van der Waals surface area (Å²) in [6.07, 6.45) is 5.38. The van der Waals surface area contributed by atoms with Crippen molar-refractivity contribution >= 4 is 11.7 Å². The van der Waals surface area contributed by atoms with Gasteiger partial charge in [0.05, 0.1) is 12.8 Å². The molecule has 114 valence electrons. The fourth-order valence-electron chi connectivity index (χ4n) is 4.13. The molecule has 0 aromatic heterocycles. The molecule has 0 aliphatic heterocycles. The number of benzene rings is 1. The number of hydrogen-bond donors (Lipinski definition) is 2. The van der Waals surface area contributed by atoms with E-state index in [1.54, 1.807) is 7.11 Å². The summed E-state index contributed by atoms with van der Waals surface area (Å²) in [6, 6.07) is 7.55. The van der Waals surface area contributed by atoms with Crippen LogP contribution in [0.4, 0.5) is 10.5 Å². The summed E-state index contributed by atoms with van der Waals surface area (Å²) in [7, 11) is 1.61. The van der Waals surface area contributed by atoms with Gasteiger partial charge in [-0.1, -0.05) is 18.6 Å². The van der Waals surface area contributed by atoms with Gasteiger partial charge in [-0.3, -0.25) is 0 Å². The fourth-order valence-corrected chi connectivity index (χ4v) is 4.13. The fraction of sp³-hybridized carbons (Fsp3) is 0.588. The van der Waals surface area contributed by atoms with Crippen molar-refractivity contribution in [1.29, 1.82) is 0 Å². The number of hydrogen-bond acceptors (Lipinski definition) is 2. The number of nitrogens with one attached hydrogen (secondary N) is 2. The standard InChI is InChI=1S/C17H24N2O2/c1-11(14-10-12-7-8-13(14)9-12)18-17(20)19-15-5-3-4-6-16(15)21-2/h3-6,11-14H,7-10H2,1-2H3,(H2,18,19,20)/t11-,12+,13+,14+/m1/s1. The average molecular weight is 288 g/mol. The molecule has 4 nitrogen and oxygen atoms in total. The minimum Gasteiger partial charge on any atom is -0.495 e. The molecule has 4 heteroatoms. The molecule has 4 atom stereocenters. The van der Waals surface area contributed by atoms with Crippen LogP contribution in [0.5, 0.6) is 5.75 Å². The zero-order chi connectivity index (χ0) is 14.8. The van der Waals surface area contributed by atoms with Crippen LogP contribution in [0.2, 0.25) is 0 Å². The van der Waals surface area contributed by atoms with Gasteiger partial charge >= 0.3 is 6.03 Å². The zero-order valence-corrected chi connectivity index (χ0v) is 12.8. The predicted molar refractivity (Wildman–Crippen MR) is 83.5 cm³/mol. The second kappa shape index (κ2) is 5.96. The first-order valence-corrected chi connectivity index (χ1v) is 7.88. The van der Waals surface area contributed by atoms with Crippen LogP contribution in [0.3, 0.4) is 0 Å². The first-order chi connectivity index (χ1) is 10.2. The van der Waals surface area contributed by atoms with Crippen LogP contribution in [0, 0.1) is 17.8 Å². The van der Waals surface area contributed by atoms with E-state index in [1.807, 2.05) is 24.3 Å². The van der Waals surface area contributed by atoms with Crippen molar-refractivity contribution in [3.05, 3.63) is 24.3 Å². The summed E-state index contributed by atoms with van der Waals surface area (Å²) in [5.41, 5.74) is 0.706. The number of methoxy groups -OCH3 is 1. The smallest absolute Gasteiger partial charge is 0.319 e. The maximum absolute atomic E-state index is 12.2. The lowest BCUT2D eigenvalue weighted by Crippen LogP contribution is -2.42. The molecule has 2 N–H and O–H groups in total. The van der Waals surface area contributed by atoms with Gasteiger partial charge in [0.1, 0.15) is 5.75 Å². The van der Waals surface area contributed by atoms with Crippen LogP contribution < -0.4 is 15.4 Å². The largest absolute Gasteiger partial charge is 0.495 e. The van der Waals surface area contributed by atoms with Crippen LogP contribution in [-0.2, 0) is 0 Å². The third kappa shape index (κ3) is 2.99. The monoisotopic (exact) mass is 288 g/mol. The molecule has 0 unspecified atom stereocenters. The molecular formula is C17H24N2O2. The molecule has 0 radical (unpaired) electrons. The topological polar surface area (TPSA) is 50.4 Å². The molecule has 2 aliphatic rings. The van der Waals surface area contributed by atoms with Crippen molar-refractivity contribution in [2.24, 2.45) is 17.8 Å². The van der Waals surface area contributed by atoms with Crippen LogP contribution in [-0.4, -0.2) is 19.2 Å². The molecule has 3 rings (SSSR count). The number of rotatable bonds is 4. The van der Waals surface area contributed by atoms with E-state index in [2.05, 4.69) is 17.6 Å². The average Bonchev–Trinajstić information content (AvgIpc) is 3.10. The molecule has 2 amide bonds. The van der Waals surface area contributed by atoms with E-state index in [0.717, 1.165) is 11.8 Å². The van der Waals surface area contributed by atoms with E-state index < -0.39 is 0 Å².